The van der Waals surface area contributed by atoms with E-state index in [0.717, 1.165) is 27.9 Å². The molecule has 2 aromatic carbocycles. The maximum absolute atomic E-state index is 14.8. The van der Waals surface area contributed by atoms with Crippen LogP contribution in [0.15, 0.2) is 48.1 Å². The highest BCUT2D eigenvalue weighted by Crippen LogP contribution is 2.34. The highest BCUT2D eigenvalue weighted by molar-refractivity contribution is 7.10. The summed E-state index contributed by atoms with van der Waals surface area (Å²) in [4.78, 5) is 8.28. The van der Waals surface area contributed by atoms with Gasteiger partial charge >= 0.3 is 0 Å². The number of hydrogen-bond donors (Lipinski definition) is 3. The van der Waals surface area contributed by atoms with E-state index in [4.69, 9.17) is 11.5 Å². The molecular weight excluding hydrogens is 378 g/mol. The van der Waals surface area contributed by atoms with Crippen LogP contribution >= 0.6 is 11.3 Å². The zero-order valence-corrected chi connectivity index (χ0v) is 16.1. The van der Waals surface area contributed by atoms with E-state index in [0.29, 0.717) is 5.56 Å². The second-order valence-electron chi connectivity index (χ2n) is 6.72. The average molecular weight is 398 g/mol. The van der Waals surface area contributed by atoms with E-state index in [1.54, 1.807) is 18.5 Å². The topological polar surface area (TPSA) is 80.7 Å². The Morgan fingerprint density at radius 3 is 2.64 bits per heavy atom. The van der Waals surface area contributed by atoms with Crippen molar-refractivity contribution in [2.75, 3.05) is 0 Å². The van der Waals surface area contributed by atoms with Crippen LogP contribution in [-0.2, 0) is 6.42 Å². The highest BCUT2D eigenvalue weighted by Gasteiger charge is 2.24. The molecule has 0 saturated carbocycles. The number of thiophene rings is 1. The minimum Gasteiger partial charge on any atom is -0.345 e. The van der Waals surface area contributed by atoms with E-state index in [1.165, 1.54) is 17.4 Å². The number of nitrogens with zero attached hydrogens (tertiary/aromatic N) is 1. The fraction of sp³-hybridized carbons (Fsp3) is 0.190. The number of imidazole rings is 1. The molecule has 2 unspecified atom stereocenters. The zero-order chi connectivity index (χ0) is 19.8. The molecule has 0 amide bonds. The van der Waals surface area contributed by atoms with Crippen LogP contribution in [0.5, 0.6) is 0 Å². The summed E-state index contributed by atoms with van der Waals surface area (Å²) >= 11 is 1.53. The van der Waals surface area contributed by atoms with Gasteiger partial charge < -0.3 is 16.5 Å². The van der Waals surface area contributed by atoms with Crippen molar-refractivity contribution in [3.05, 3.63) is 75.7 Å². The first-order valence-electron chi connectivity index (χ1n) is 8.99. The van der Waals surface area contributed by atoms with Crippen molar-refractivity contribution in [1.82, 2.24) is 9.97 Å². The number of H-pyrrole nitrogens is 1. The summed E-state index contributed by atoms with van der Waals surface area (Å²) in [6, 6.07) is 8.83. The van der Waals surface area contributed by atoms with Crippen molar-refractivity contribution >= 4 is 22.4 Å². The number of halogens is 2. The number of aryl methyl sites for hydroxylation is 1. The van der Waals surface area contributed by atoms with Gasteiger partial charge in [-0.3, -0.25) is 0 Å². The number of aromatic amines is 1. The molecule has 0 bridgehead atoms. The Bertz CT molecular complexity index is 1130. The maximum atomic E-state index is 14.8. The van der Waals surface area contributed by atoms with Crippen LogP contribution in [0.1, 0.15) is 35.0 Å². The maximum Gasteiger partial charge on any atom is 0.167 e. The van der Waals surface area contributed by atoms with Gasteiger partial charge in [-0.2, -0.15) is 0 Å². The smallest absolute Gasteiger partial charge is 0.167 e. The summed E-state index contributed by atoms with van der Waals surface area (Å²) in [5.41, 5.74) is 15.8. The molecule has 28 heavy (non-hydrogen) atoms. The molecule has 0 aliphatic heterocycles. The molecule has 0 radical (unpaired) electrons. The van der Waals surface area contributed by atoms with Gasteiger partial charge in [-0.25, -0.2) is 13.8 Å². The first-order valence-corrected chi connectivity index (χ1v) is 9.87. The molecule has 4 aromatic rings. The molecule has 0 spiro atoms. The predicted octanol–water partition coefficient (Wildman–Crippen LogP) is 4.83. The minimum absolute atomic E-state index is 0.0596. The lowest BCUT2D eigenvalue weighted by molar-refractivity contribution is 0.473. The number of fused-ring (bicyclic) bond motifs is 1. The number of aromatic nitrogens is 2. The molecule has 2 heterocycles. The van der Waals surface area contributed by atoms with Crippen LogP contribution in [0.2, 0.25) is 0 Å². The van der Waals surface area contributed by atoms with Crippen molar-refractivity contribution < 1.29 is 8.78 Å². The first kappa shape index (κ1) is 18.7. The van der Waals surface area contributed by atoms with Crippen LogP contribution in [0.25, 0.3) is 22.2 Å². The van der Waals surface area contributed by atoms with Crippen molar-refractivity contribution in [3.8, 4) is 11.1 Å². The molecule has 0 aliphatic rings. The Morgan fingerprint density at radius 1 is 1.07 bits per heavy atom. The second-order valence-corrected chi connectivity index (χ2v) is 7.71. The molecular formula is C21H20F2N4S. The van der Waals surface area contributed by atoms with Gasteiger partial charge in [0, 0.05) is 22.0 Å². The lowest BCUT2D eigenvalue weighted by Gasteiger charge is -2.22. The molecule has 0 aliphatic carbocycles. The quantitative estimate of drug-likeness (QED) is 0.450. The molecule has 144 valence electrons. The average Bonchev–Trinajstić information content (AvgIpc) is 3.37. The summed E-state index contributed by atoms with van der Waals surface area (Å²) in [6.45, 7) is 2.02. The molecule has 4 rings (SSSR count). The third kappa shape index (κ3) is 3.22. The van der Waals surface area contributed by atoms with Crippen LogP contribution < -0.4 is 11.5 Å². The Kier molecular flexibility index (Phi) is 4.97. The van der Waals surface area contributed by atoms with E-state index in [9.17, 15) is 8.78 Å². The van der Waals surface area contributed by atoms with Gasteiger partial charge in [0.2, 0.25) is 0 Å². The van der Waals surface area contributed by atoms with Gasteiger partial charge in [-0.15, -0.1) is 11.3 Å². The molecule has 5 N–H and O–H groups in total. The zero-order valence-electron chi connectivity index (χ0n) is 15.2. The molecule has 0 saturated heterocycles. The summed E-state index contributed by atoms with van der Waals surface area (Å²) in [5, 5.41) is 1.83. The van der Waals surface area contributed by atoms with Crippen molar-refractivity contribution in [2.24, 2.45) is 11.5 Å². The van der Waals surface area contributed by atoms with Gasteiger partial charge in [0.25, 0.3) is 0 Å². The van der Waals surface area contributed by atoms with Gasteiger partial charge in [0.15, 0.2) is 11.6 Å². The Hall–Kier alpha value is -2.61. The van der Waals surface area contributed by atoms with E-state index in [2.05, 4.69) is 9.97 Å². The van der Waals surface area contributed by atoms with Crippen molar-refractivity contribution in [1.29, 1.82) is 0 Å². The van der Waals surface area contributed by atoms with E-state index >= 15 is 0 Å². The molecule has 4 nitrogen and oxygen atoms in total. The highest BCUT2D eigenvalue weighted by atomic mass is 32.1. The molecule has 2 aromatic heterocycles. The molecule has 7 heteroatoms. The lowest BCUT2D eigenvalue weighted by atomic mass is 9.92. The number of hydrogen-bond acceptors (Lipinski definition) is 4. The predicted molar refractivity (Wildman–Crippen MR) is 109 cm³/mol. The standard InChI is InChI=1S/C21H20F2N4S/c1-2-13-7-12(9-28-13)14-4-5-15(19(23)18(14)22)21(25)20(24)11-3-6-16-17(8-11)27-10-26-16/h3-10,20-21H,2,24-25H2,1H3,(H,26,27). The van der Waals surface area contributed by atoms with Gasteiger partial charge in [-0.1, -0.05) is 25.1 Å². The largest absolute Gasteiger partial charge is 0.345 e. The van der Waals surface area contributed by atoms with Crippen molar-refractivity contribution in [2.45, 2.75) is 25.4 Å². The third-order valence-electron chi connectivity index (χ3n) is 5.00. The second kappa shape index (κ2) is 7.43. The SMILES string of the molecule is CCc1cc(-c2ccc(C(N)C(N)c3ccc4nc[nH]c4c3)c(F)c2F)cs1. The van der Waals surface area contributed by atoms with Crippen LogP contribution in [0.3, 0.4) is 0 Å². The summed E-state index contributed by atoms with van der Waals surface area (Å²) in [7, 11) is 0. The number of benzene rings is 2. The van der Waals surface area contributed by atoms with Gasteiger partial charge in [-0.05, 0) is 41.1 Å². The van der Waals surface area contributed by atoms with Crippen molar-refractivity contribution in [3.63, 3.8) is 0 Å². The summed E-state index contributed by atoms with van der Waals surface area (Å²) in [6.07, 6.45) is 2.44. The fourth-order valence-electron chi connectivity index (χ4n) is 3.31. The van der Waals surface area contributed by atoms with Gasteiger partial charge in [0.05, 0.1) is 23.4 Å². The van der Waals surface area contributed by atoms with E-state index in [-0.39, 0.29) is 11.1 Å². The van der Waals surface area contributed by atoms with Crippen LogP contribution in [0, 0.1) is 11.6 Å². The number of nitrogens with two attached hydrogens (primary N) is 2. The Balaban J connectivity index is 1.66. The third-order valence-corrected chi connectivity index (χ3v) is 6.08. The van der Waals surface area contributed by atoms with Crippen LogP contribution in [0.4, 0.5) is 8.78 Å². The Labute approximate surface area is 165 Å². The number of nitrogens with one attached hydrogen (secondary N) is 1. The Morgan fingerprint density at radius 2 is 1.89 bits per heavy atom. The van der Waals surface area contributed by atoms with E-state index in [1.807, 2.05) is 30.5 Å². The van der Waals surface area contributed by atoms with Gasteiger partial charge in [0.1, 0.15) is 0 Å². The molecule has 2 atom stereocenters. The first-order chi connectivity index (χ1) is 13.5. The lowest BCUT2D eigenvalue weighted by Crippen LogP contribution is -2.27. The summed E-state index contributed by atoms with van der Waals surface area (Å²) in [5.74, 6) is -1.85. The van der Waals surface area contributed by atoms with Crippen LogP contribution in [-0.4, -0.2) is 9.97 Å². The number of rotatable bonds is 5. The normalized spacial score (nSPS) is 13.8. The van der Waals surface area contributed by atoms with E-state index < -0.39 is 23.7 Å². The monoisotopic (exact) mass is 398 g/mol. The summed E-state index contributed by atoms with van der Waals surface area (Å²) < 4.78 is 29.6. The minimum atomic E-state index is -0.952. The fourth-order valence-corrected chi connectivity index (χ4v) is 4.15. The molecule has 0 fully saturated rings.